The van der Waals surface area contributed by atoms with Gasteiger partial charge in [0.2, 0.25) is 0 Å². The van der Waals surface area contributed by atoms with Gasteiger partial charge in [-0.05, 0) is 36.6 Å². The van der Waals surface area contributed by atoms with Crippen LogP contribution in [0, 0.1) is 0 Å². The Morgan fingerprint density at radius 3 is 2.88 bits per heavy atom. The predicted octanol–water partition coefficient (Wildman–Crippen LogP) is 4.11. The van der Waals surface area contributed by atoms with E-state index in [2.05, 4.69) is 40.5 Å². The van der Waals surface area contributed by atoms with Gasteiger partial charge in [-0.2, -0.15) is 0 Å². The summed E-state index contributed by atoms with van der Waals surface area (Å²) in [5.41, 5.74) is 6.40. The molecule has 5 heteroatoms. The fraction of sp³-hybridized carbons (Fsp3) is 0.250. The molecule has 0 amide bonds. The van der Waals surface area contributed by atoms with Crippen LogP contribution in [0.3, 0.4) is 0 Å². The third-order valence-electron chi connectivity index (χ3n) is 4.75. The van der Waals surface area contributed by atoms with Crippen LogP contribution in [0.2, 0.25) is 0 Å². The number of aromatic amines is 1. The Labute approximate surface area is 150 Å². The lowest BCUT2D eigenvalue weighted by molar-refractivity contribution is 0.677. The van der Waals surface area contributed by atoms with Crippen LogP contribution in [0.25, 0.3) is 16.6 Å². The van der Waals surface area contributed by atoms with E-state index in [1.54, 1.807) is 0 Å². The third-order valence-corrected chi connectivity index (χ3v) is 5.95. The second-order valence-corrected chi connectivity index (χ2v) is 7.66. The highest BCUT2D eigenvalue weighted by atomic mass is 32.2. The Balaban J connectivity index is 1.70. The van der Waals surface area contributed by atoms with Crippen LogP contribution >= 0.6 is 0 Å². The zero-order valence-corrected chi connectivity index (χ0v) is 15.1. The molecule has 1 atom stereocenters. The van der Waals surface area contributed by atoms with Gasteiger partial charge in [0.05, 0.1) is 27.6 Å². The smallest absolute Gasteiger partial charge is 0.197 e. The molecule has 4 rings (SSSR count). The molecule has 0 aliphatic carbocycles. The normalized spacial score (nSPS) is 15.4. The summed E-state index contributed by atoms with van der Waals surface area (Å²) in [5, 5.41) is 0.538. The Hall–Kier alpha value is -2.40. The Bertz CT molecular complexity index is 943. The van der Waals surface area contributed by atoms with E-state index >= 15 is 0 Å². The quantitative estimate of drug-likeness (QED) is 0.769. The van der Waals surface area contributed by atoms with Gasteiger partial charge >= 0.3 is 0 Å². The van der Waals surface area contributed by atoms with E-state index in [1.165, 1.54) is 11.3 Å². The Morgan fingerprint density at radius 1 is 1.24 bits per heavy atom. The molecule has 0 spiro atoms. The zero-order chi connectivity index (χ0) is 17.4. The number of fused-ring (bicyclic) bond motifs is 2. The molecule has 0 radical (unpaired) electrons. The summed E-state index contributed by atoms with van der Waals surface area (Å²) in [5.74, 6) is 0.451. The van der Waals surface area contributed by atoms with Gasteiger partial charge in [0.1, 0.15) is 0 Å². The highest BCUT2D eigenvalue weighted by molar-refractivity contribution is 7.84. The molecule has 25 heavy (non-hydrogen) atoms. The number of nitrogens with one attached hydrogen (secondary N) is 1. The summed E-state index contributed by atoms with van der Waals surface area (Å²) in [6.45, 7) is 8.28. The van der Waals surface area contributed by atoms with Gasteiger partial charge in [-0.15, -0.1) is 0 Å². The van der Waals surface area contributed by atoms with Crippen LogP contribution in [0.5, 0.6) is 0 Å². The van der Waals surface area contributed by atoms with Crippen molar-refractivity contribution in [1.29, 1.82) is 0 Å². The van der Waals surface area contributed by atoms with Crippen molar-refractivity contribution in [2.75, 3.05) is 18.0 Å². The van der Waals surface area contributed by atoms with E-state index in [9.17, 15) is 4.21 Å². The maximum Gasteiger partial charge on any atom is 0.197 e. The number of rotatable bonds is 4. The summed E-state index contributed by atoms with van der Waals surface area (Å²) in [6.07, 6.45) is 0.983. The van der Waals surface area contributed by atoms with Crippen molar-refractivity contribution in [2.24, 2.45) is 0 Å². The monoisotopic (exact) mass is 351 g/mol. The highest BCUT2D eigenvalue weighted by Crippen LogP contribution is 2.37. The first-order valence-electron chi connectivity index (χ1n) is 8.55. The molecule has 2 aromatic carbocycles. The lowest BCUT2D eigenvalue weighted by Gasteiger charge is -2.33. The molecule has 1 unspecified atom stereocenters. The van der Waals surface area contributed by atoms with Crippen molar-refractivity contribution >= 4 is 33.1 Å². The summed E-state index contributed by atoms with van der Waals surface area (Å²) in [6, 6.07) is 14.0. The summed E-state index contributed by atoms with van der Waals surface area (Å²) >= 11 is 0. The van der Waals surface area contributed by atoms with E-state index in [4.69, 9.17) is 0 Å². The van der Waals surface area contributed by atoms with E-state index in [1.807, 2.05) is 30.3 Å². The maximum absolute atomic E-state index is 12.9. The van der Waals surface area contributed by atoms with Gasteiger partial charge in [0, 0.05) is 24.3 Å². The molecule has 1 aromatic heterocycles. The summed E-state index contributed by atoms with van der Waals surface area (Å²) < 4.78 is 12.9. The number of H-pyrrole nitrogens is 1. The first-order chi connectivity index (χ1) is 12.2. The topological polar surface area (TPSA) is 49.0 Å². The standard InChI is InChI=1S/C20H21N3OS/c1-3-23-12-11-14(2)16-8-6-7-15(19(16)23)13-25(24)20-21-17-9-4-5-10-18(17)22-20/h4-10H,2-3,11-13H2,1H3,(H,21,22). The highest BCUT2D eigenvalue weighted by Gasteiger charge is 2.23. The van der Waals surface area contributed by atoms with Gasteiger partial charge in [-0.1, -0.05) is 36.9 Å². The van der Waals surface area contributed by atoms with E-state index in [-0.39, 0.29) is 0 Å². The molecule has 1 N–H and O–H groups in total. The average molecular weight is 351 g/mol. The van der Waals surface area contributed by atoms with Crippen molar-refractivity contribution in [1.82, 2.24) is 9.97 Å². The predicted molar refractivity (Wildman–Crippen MR) is 104 cm³/mol. The number of benzene rings is 2. The van der Waals surface area contributed by atoms with Gasteiger partial charge < -0.3 is 9.88 Å². The van der Waals surface area contributed by atoms with Crippen LogP contribution in [-0.4, -0.2) is 27.3 Å². The minimum Gasteiger partial charge on any atom is -0.371 e. The second-order valence-electron chi connectivity index (χ2n) is 6.30. The van der Waals surface area contributed by atoms with E-state index < -0.39 is 10.8 Å². The number of imidazole rings is 1. The minimum absolute atomic E-state index is 0.451. The van der Waals surface area contributed by atoms with Crippen LogP contribution in [0.1, 0.15) is 24.5 Å². The van der Waals surface area contributed by atoms with Crippen LogP contribution in [0.4, 0.5) is 5.69 Å². The molecule has 128 valence electrons. The lowest BCUT2D eigenvalue weighted by Crippen LogP contribution is -2.29. The number of hydrogen-bond acceptors (Lipinski definition) is 3. The fourth-order valence-electron chi connectivity index (χ4n) is 3.45. The van der Waals surface area contributed by atoms with Gasteiger partial charge in [0.15, 0.2) is 5.16 Å². The molecule has 4 nitrogen and oxygen atoms in total. The second kappa shape index (κ2) is 6.48. The number of nitrogens with zero attached hydrogens (tertiary/aromatic N) is 2. The molecule has 0 bridgehead atoms. The number of anilines is 1. The van der Waals surface area contributed by atoms with Gasteiger partial charge in [-0.3, -0.25) is 4.21 Å². The van der Waals surface area contributed by atoms with Crippen LogP contribution in [-0.2, 0) is 16.6 Å². The first-order valence-corrected chi connectivity index (χ1v) is 9.87. The lowest BCUT2D eigenvalue weighted by atomic mass is 9.94. The molecule has 0 fully saturated rings. The Kier molecular flexibility index (Phi) is 4.17. The minimum atomic E-state index is -1.22. The fourth-order valence-corrected chi connectivity index (χ4v) is 4.52. The zero-order valence-electron chi connectivity index (χ0n) is 14.3. The van der Waals surface area contributed by atoms with Crippen LogP contribution in [0.15, 0.2) is 54.2 Å². The summed E-state index contributed by atoms with van der Waals surface area (Å²) in [4.78, 5) is 10.0. The maximum atomic E-state index is 12.9. The third kappa shape index (κ3) is 2.89. The first kappa shape index (κ1) is 16.1. The molecule has 0 saturated heterocycles. The number of hydrogen-bond donors (Lipinski definition) is 1. The molecule has 2 heterocycles. The molecule has 1 aliphatic heterocycles. The van der Waals surface area contributed by atoms with Gasteiger partial charge in [-0.25, -0.2) is 4.98 Å². The molecule has 1 aliphatic rings. The molecular formula is C20H21N3OS. The number of aromatic nitrogens is 2. The van der Waals surface area contributed by atoms with E-state index in [0.717, 1.165) is 41.7 Å². The SMILES string of the molecule is C=C1CCN(CC)c2c(CS(=O)c3nc4ccccc4[nH]3)cccc21. The van der Waals surface area contributed by atoms with Crippen molar-refractivity contribution < 1.29 is 4.21 Å². The molecular weight excluding hydrogens is 330 g/mol. The molecule has 3 aromatic rings. The van der Waals surface area contributed by atoms with Crippen molar-refractivity contribution in [2.45, 2.75) is 24.3 Å². The van der Waals surface area contributed by atoms with Crippen molar-refractivity contribution in [3.63, 3.8) is 0 Å². The average Bonchev–Trinajstić information content (AvgIpc) is 3.07. The van der Waals surface area contributed by atoms with Crippen molar-refractivity contribution in [3.8, 4) is 0 Å². The molecule has 0 saturated carbocycles. The van der Waals surface area contributed by atoms with Crippen LogP contribution < -0.4 is 4.90 Å². The van der Waals surface area contributed by atoms with Gasteiger partial charge in [0.25, 0.3) is 0 Å². The number of para-hydroxylation sites is 3. The van der Waals surface area contributed by atoms with Crippen molar-refractivity contribution in [3.05, 3.63) is 60.2 Å². The van der Waals surface area contributed by atoms with E-state index in [0.29, 0.717) is 10.9 Å². The summed E-state index contributed by atoms with van der Waals surface area (Å²) in [7, 11) is -1.22. The Morgan fingerprint density at radius 2 is 2.08 bits per heavy atom. The largest absolute Gasteiger partial charge is 0.371 e.